The van der Waals surface area contributed by atoms with E-state index in [1.807, 2.05) is 25.1 Å². The maximum atomic E-state index is 12.2. The highest BCUT2D eigenvalue weighted by Gasteiger charge is 2.12. The Morgan fingerprint density at radius 3 is 2.13 bits per heavy atom. The smallest absolute Gasteiger partial charge is 0.338 e. The molecule has 0 saturated carbocycles. The van der Waals surface area contributed by atoms with Crippen LogP contribution in [0.4, 0.5) is 0 Å². The third-order valence-electron chi connectivity index (χ3n) is 4.77. The number of benzene rings is 3. The van der Waals surface area contributed by atoms with Crippen LogP contribution in [-0.2, 0) is 16.0 Å². The first-order chi connectivity index (χ1) is 14.5. The Kier molecular flexibility index (Phi) is 7.22. The predicted octanol–water partition coefficient (Wildman–Crippen LogP) is 4.35. The van der Waals surface area contributed by atoms with Gasteiger partial charge in [-0.05, 0) is 60.7 Å². The Morgan fingerprint density at radius 2 is 1.50 bits per heavy atom. The molecular weight excluding hydrogens is 378 g/mol. The Bertz CT molecular complexity index is 966. The van der Waals surface area contributed by atoms with Crippen LogP contribution in [0.25, 0.3) is 11.1 Å². The highest BCUT2D eigenvalue weighted by Crippen LogP contribution is 2.22. The van der Waals surface area contributed by atoms with Crippen molar-refractivity contribution in [2.45, 2.75) is 25.8 Å². The first-order valence-electron chi connectivity index (χ1n) is 9.91. The highest BCUT2D eigenvalue weighted by molar-refractivity contribution is 5.91. The Labute approximate surface area is 176 Å². The van der Waals surface area contributed by atoms with Crippen LogP contribution >= 0.6 is 0 Å². The monoisotopic (exact) mass is 403 g/mol. The molecule has 0 saturated heterocycles. The lowest BCUT2D eigenvalue weighted by molar-refractivity contribution is -0.124. The second kappa shape index (κ2) is 10.3. The van der Waals surface area contributed by atoms with Crippen LogP contribution in [0.15, 0.2) is 78.9 Å². The van der Waals surface area contributed by atoms with Gasteiger partial charge in [-0.3, -0.25) is 4.79 Å². The largest absolute Gasteiger partial charge is 0.508 e. The van der Waals surface area contributed by atoms with Gasteiger partial charge in [0.05, 0.1) is 5.56 Å². The van der Waals surface area contributed by atoms with Crippen LogP contribution in [0.3, 0.4) is 0 Å². The number of hydrogen-bond acceptors (Lipinski definition) is 4. The fourth-order valence-electron chi connectivity index (χ4n) is 3.08. The molecular formula is C25H25NO4. The topological polar surface area (TPSA) is 75.6 Å². The van der Waals surface area contributed by atoms with E-state index in [-0.39, 0.29) is 24.3 Å². The molecule has 30 heavy (non-hydrogen) atoms. The van der Waals surface area contributed by atoms with Crippen molar-refractivity contribution < 1.29 is 19.4 Å². The number of carbonyl (C=O) groups is 2. The first-order valence-corrected chi connectivity index (χ1v) is 9.91. The van der Waals surface area contributed by atoms with Gasteiger partial charge in [0.15, 0.2) is 6.61 Å². The van der Waals surface area contributed by atoms with Gasteiger partial charge < -0.3 is 15.2 Å². The van der Waals surface area contributed by atoms with Crippen LogP contribution in [0.1, 0.15) is 29.3 Å². The molecule has 0 radical (unpaired) electrons. The minimum Gasteiger partial charge on any atom is -0.508 e. The van der Waals surface area contributed by atoms with Gasteiger partial charge in [0.25, 0.3) is 5.91 Å². The summed E-state index contributed by atoms with van der Waals surface area (Å²) in [4.78, 5) is 24.3. The molecule has 2 N–H and O–H groups in total. The van der Waals surface area contributed by atoms with Crippen LogP contribution in [0.2, 0.25) is 0 Å². The van der Waals surface area contributed by atoms with Crippen molar-refractivity contribution in [2.24, 2.45) is 0 Å². The minimum atomic E-state index is -0.542. The number of nitrogens with one attached hydrogen (secondary N) is 1. The van der Waals surface area contributed by atoms with Gasteiger partial charge in [0.1, 0.15) is 5.75 Å². The standard InChI is InChI=1S/C25H25NO4/c1-18(7-8-19-5-3-2-4-6-19)26-24(28)17-30-25(29)22-11-9-20(10-12-22)21-13-15-23(27)16-14-21/h2-6,9-16,18,27H,7-8,17H2,1H3,(H,26,28)/t18-/m1/s1. The van der Waals surface area contributed by atoms with Crippen molar-refractivity contribution in [3.8, 4) is 16.9 Å². The van der Waals surface area contributed by atoms with Gasteiger partial charge in [-0.1, -0.05) is 54.6 Å². The molecule has 1 atom stereocenters. The van der Waals surface area contributed by atoms with Crippen molar-refractivity contribution in [1.29, 1.82) is 0 Å². The molecule has 0 aliphatic heterocycles. The number of amides is 1. The van der Waals surface area contributed by atoms with Gasteiger partial charge in [-0.25, -0.2) is 4.79 Å². The number of phenols is 1. The van der Waals surface area contributed by atoms with E-state index in [1.54, 1.807) is 48.5 Å². The second-order valence-electron chi connectivity index (χ2n) is 7.19. The minimum absolute atomic E-state index is 0.0130. The Morgan fingerprint density at radius 1 is 0.900 bits per heavy atom. The summed E-state index contributed by atoms with van der Waals surface area (Å²) in [6.45, 7) is 1.62. The zero-order valence-corrected chi connectivity index (χ0v) is 16.9. The molecule has 0 aromatic heterocycles. The number of carbonyl (C=O) groups excluding carboxylic acids is 2. The average Bonchev–Trinajstić information content (AvgIpc) is 2.77. The lowest BCUT2D eigenvalue weighted by atomic mass is 10.0. The van der Waals surface area contributed by atoms with Crippen molar-refractivity contribution in [3.63, 3.8) is 0 Å². The molecule has 0 spiro atoms. The van der Waals surface area contributed by atoms with E-state index in [0.717, 1.165) is 24.0 Å². The summed E-state index contributed by atoms with van der Waals surface area (Å²) >= 11 is 0. The Hall–Kier alpha value is -3.60. The summed E-state index contributed by atoms with van der Waals surface area (Å²) in [6.07, 6.45) is 1.68. The first kappa shape index (κ1) is 21.1. The summed E-state index contributed by atoms with van der Waals surface area (Å²) in [5, 5.41) is 12.2. The van der Waals surface area contributed by atoms with E-state index in [1.165, 1.54) is 5.56 Å². The van der Waals surface area contributed by atoms with E-state index >= 15 is 0 Å². The molecule has 0 bridgehead atoms. The van der Waals surface area contributed by atoms with E-state index < -0.39 is 5.97 Å². The number of aromatic hydroxyl groups is 1. The molecule has 1 amide bonds. The molecule has 0 aliphatic carbocycles. The summed E-state index contributed by atoms with van der Waals surface area (Å²) in [5.74, 6) is -0.657. The Balaban J connectivity index is 1.44. The summed E-state index contributed by atoms with van der Waals surface area (Å²) in [7, 11) is 0. The molecule has 0 heterocycles. The summed E-state index contributed by atoms with van der Waals surface area (Å²) < 4.78 is 5.13. The SMILES string of the molecule is C[C@H](CCc1ccccc1)NC(=O)COC(=O)c1ccc(-c2ccc(O)cc2)cc1. The van der Waals surface area contributed by atoms with E-state index in [9.17, 15) is 14.7 Å². The number of esters is 1. The number of hydrogen-bond donors (Lipinski definition) is 2. The fraction of sp³-hybridized carbons (Fsp3) is 0.200. The molecule has 154 valence electrons. The van der Waals surface area contributed by atoms with Crippen LogP contribution in [0.5, 0.6) is 5.75 Å². The van der Waals surface area contributed by atoms with Crippen LogP contribution < -0.4 is 5.32 Å². The van der Waals surface area contributed by atoms with Crippen molar-refractivity contribution in [3.05, 3.63) is 90.0 Å². The lowest BCUT2D eigenvalue weighted by Crippen LogP contribution is -2.36. The second-order valence-corrected chi connectivity index (χ2v) is 7.19. The zero-order valence-electron chi connectivity index (χ0n) is 16.9. The quantitative estimate of drug-likeness (QED) is 0.548. The maximum Gasteiger partial charge on any atom is 0.338 e. The van der Waals surface area contributed by atoms with Crippen molar-refractivity contribution in [2.75, 3.05) is 6.61 Å². The number of aryl methyl sites for hydroxylation is 1. The van der Waals surface area contributed by atoms with E-state index in [2.05, 4.69) is 17.4 Å². The van der Waals surface area contributed by atoms with Gasteiger partial charge in [-0.2, -0.15) is 0 Å². The van der Waals surface area contributed by atoms with Gasteiger partial charge in [0.2, 0.25) is 0 Å². The van der Waals surface area contributed by atoms with E-state index in [0.29, 0.717) is 5.56 Å². The fourth-order valence-corrected chi connectivity index (χ4v) is 3.08. The molecule has 0 fully saturated rings. The van der Waals surface area contributed by atoms with E-state index in [4.69, 9.17) is 4.74 Å². The van der Waals surface area contributed by atoms with Crippen molar-refractivity contribution in [1.82, 2.24) is 5.32 Å². The van der Waals surface area contributed by atoms with Crippen LogP contribution in [-0.4, -0.2) is 29.6 Å². The zero-order chi connectivity index (χ0) is 21.3. The van der Waals surface area contributed by atoms with Gasteiger partial charge in [-0.15, -0.1) is 0 Å². The van der Waals surface area contributed by atoms with Crippen LogP contribution in [0, 0.1) is 0 Å². The maximum absolute atomic E-state index is 12.2. The number of phenolic OH excluding ortho intramolecular Hbond substituents is 1. The molecule has 3 aromatic rings. The summed E-state index contributed by atoms with van der Waals surface area (Å²) in [6, 6.07) is 23.8. The third kappa shape index (κ3) is 6.21. The molecule has 0 unspecified atom stereocenters. The third-order valence-corrected chi connectivity index (χ3v) is 4.77. The average molecular weight is 403 g/mol. The normalized spacial score (nSPS) is 11.5. The summed E-state index contributed by atoms with van der Waals surface area (Å²) in [5.41, 5.74) is 3.44. The van der Waals surface area contributed by atoms with Gasteiger partial charge in [0, 0.05) is 6.04 Å². The molecule has 3 aromatic carbocycles. The number of rotatable bonds is 8. The molecule has 0 aliphatic rings. The molecule has 5 heteroatoms. The predicted molar refractivity (Wildman–Crippen MR) is 116 cm³/mol. The molecule has 3 rings (SSSR count). The van der Waals surface area contributed by atoms with Crippen molar-refractivity contribution >= 4 is 11.9 Å². The van der Waals surface area contributed by atoms with Gasteiger partial charge >= 0.3 is 5.97 Å². The molecule has 5 nitrogen and oxygen atoms in total. The number of ether oxygens (including phenoxy) is 1. The lowest BCUT2D eigenvalue weighted by Gasteiger charge is -2.14. The highest BCUT2D eigenvalue weighted by atomic mass is 16.5.